The molecule has 2 unspecified atom stereocenters. The monoisotopic (exact) mass is 286 g/mol. The van der Waals surface area contributed by atoms with Crippen molar-refractivity contribution in [2.24, 2.45) is 5.92 Å². The van der Waals surface area contributed by atoms with Crippen LogP contribution < -0.4 is 10.2 Å². The Morgan fingerprint density at radius 2 is 1.94 bits per heavy atom. The Morgan fingerprint density at radius 3 is 2.50 bits per heavy atom. The Hall–Kier alpha value is -0.440. The van der Waals surface area contributed by atoms with Crippen molar-refractivity contribution < 1.29 is 0 Å². The molecule has 1 aliphatic rings. The largest absolute Gasteiger partial charge is 0.371 e. The van der Waals surface area contributed by atoms with Crippen molar-refractivity contribution in [3.63, 3.8) is 0 Å². The van der Waals surface area contributed by atoms with Crippen LogP contribution in [-0.2, 0) is 0 Å². The van der Waals surface area contributed by atoms with Crippen molar-refractivity contribution >= 4 is 28.9 Å². The molecule has 1 aliphatic heterocycles. The Kier molecular flexibility index (Phi) is 4.77. The summed E-state index contributed by atoms with van der Waals surface area (Å²) in [5.74, 6) is 0.636. The van der Waals surface area contributed by atoms with E-state index in [4.69, 9.17) is 23.2 Å². The third-order valence-corrected chi connectivity index (χ3v) is 4.02. The average Bonchev–Trinajstić information content (AvgIpc) is 2.30. The molecule has 0 saturated carbocycles. The van der Waals surface area contributed by atoms with Crippen molar-refractivity contribution in [3.05, 3.63) is 28.2 Å². The number of halogens is 2. The van der Waals surface area contributed by atoms with Crippen LogP contribution in [0.4, 0.5) is 5.69 Å². The third-order valence-electron chi connectivity index (χ3n) is 3.58. The van der Waals surface area contributed by atoms with Gasteiger partial charge < -0.3 is 10.2 Å². The smallest absolute Gasteiger partial charge is 0.0441 e. The molecule has 2 nitrogen and oxygen atoms in total. The van der Waals surface area contributed by atoms with E-state index in [0.717, 1.165) is 25.3 Å². The van der Waals surface area contributed by atoms with Crippen LogP contribution in [0.25, 0.3) is 0 Å². The van der Waals surface area contributed by atoms with Crippen molar-refractivity contribution in [1.82, 2.24) is 5.32 Å². The molecular weight excluding hydrogens is 267 g/mol. The zero-order valence-corrected chi connectivity index (χ0v) is 12.4. The van der Waals surface area contributed by atoms with Crippen LogP contribution in [0.3, 0.4) is 0 Å². The van der Waals surface area contributed by atoms with E-state index in [1.165, 1.54) is 6.42 Å². The topological polar surface area (TPSA) is 15.3 Å². The molecule has 0 aromatic heterocycles. The highest BCUT2D eigenvalue weighted by molar-refractivity contribution is 6.35. The summed E-state index contributed by atoms with van der Waals surface area (Å²) in [5.41, 5.74) is 1.13. The molecular formula is C14H20Cl2N2. The second-order valence-corrected chi connectivity index (χ2v) is 5.88. The summed E-state index contributed by atoms with van der Waals surface area (Å²) >= 11 is 12.1. The molecule has 0 amide bonds. The van der Waals surface area contributed by atoms with Gasteiger partial charge in [0.2, 0.25) is 0 Å². The maximum atomic E-state index is 6.06. The lowest BCUT2D eigenvalue weighted by molar-refractivity contribution is 0.327. The van der Waals surface area contributed by atoms with Crippen LogP contribution in [0.15, 0.2) is 18.2 Å². The molecule has 1 aromatic rings. The Balaban J connectivity index is 2.07. The van der Waals surface area contributed by atoms with Gasteiger partial charge in [0.15, 0.2) is 0 Å². The van der Waals surface area contributed by atoms with Crippen molar-refractivity contribution in [1.29, 1.82) is 0 Å². The maximum absolute atomic E-state index is 6.06. The molecule has 1 fully saturated rings. The highest BCUT2D eigenvalue weighted by Crippen LogP contribution is 2.28. The van der Waals surface area contributed by atoms with E-state index in [9.17, 15) is 0 Å². The lowest BCUT2D eigenvalue weighted by Crippen LogP contribution is -2.48. The van der Waals surface area contributed by atoms with Crippen LogP contribution in [0, 0.1) is 5.92 Å². The first-order valence-electron chi connectivity index (χ1n) is 6.54. The molecule has 2 rings (SSSR count). The summed E-state index contributed by atoms with van der Waals surface area (Å²) in [6.07, 6.45) is 1.17. The molecule has 1 N–H and O–H groups in total. The number of nitrogens with one attached hydrogen (secondary N) is 1. The molecule has 0 spiro atoms. The first-order valence-corrected chi connectivity index (χ1v) is 7.30. The maximum Gasteiger partial charge on any atom is 0.0441 e. The minimum absolute atomic E-state index is 0.626. The minimum atomic E-state index is 0.626. The van der Waals surface area contributed by atoms with Gasteiger partial charge in [-0.1, -0.05) is 37.0 Å². The normalized spacial score (nSPS) is 24.3. The summed E-state index contributed by atoms with van der Waals surface area (Å²) in [6, 6.07) is 6.39. The van der Waals surface area contributed by atoms with E-state index < -0.39 is 0 Å². The van der Waals surface area contributed by atoms with Crippen LogP contribution >= 0.6 is 23.2 Å². The molecule has 100 valence electrons. The van der Waals surface area contributed by atoms with E-state index in [-0.39, 0.29) is 0 Å². The van der Waals surface area contributed by atoms with Gasteiger partial charge in [-0.05, 0) is 37.1 Å². The van der Waals surface area contributed by atoms with Crippen LogP contribution in [0.5, 0.6) is 0 Å². The van der Waals surface area contributed by atoms with E-state index in [0.29, 0.717) is 22.0 Å². The molecule has 0 bridgehead atoms. The van der Waals surface area contributed by atoms with Crippen molar-refractivity contribution in [2.45, 2.75) is 26.3 Å². The van der Waals surface area contributed by atoms with Gasteiger partial charge in [-0.15, -0.1) is 0 Å². The first-order chi connectivity index (χ1) is 8.60. The van der Waals surface area contributed by atoms with Gasteiger partial charge in [-0.25, -0.2) is 0 Å². The van der Waals surface area contributed by atoms with E-state index in [2.05, 4.69) is 24.1 Å². The molecule has 1 aromatic carbocycles. The van der Waals surface area contributed by atoms with Gasteiger partial charge in [0.1, 0.15) is 0 Å². The molecule has 18 heavy (non-hydrogen) atoms. The predicted octanol–water partition coefficient (Wildman–Crippen LogP) is 3.82. The molecule has 1 saturated heterocycles. The molecule has 0 radical (unpaired) electrons. The summed E-state index contributed by atoms with van der Waals surface area (Å²) in [6.45, 7) is 7.60. The standard InChI is InChI=1S/C14H20Cl2N2/c1-3-17-14-4-5-18(9-10(14)2)13-7-11(15)6-12(16)8-13/h6-8,10,14,17H,3-5,9H2,1-2H3. The lowest BCUT2D eigenvalue weighted by Gasteiger charge is -2.38. The van der Waals surface area contributed by atoms with Gasteiger partial charge >= 0.3 is 0 Å². The fourth-order valence-corrected chi connectivity index (χ4v) is 3.18. The van der Waals surface area contributed by atoms with Crippen LogP contribution in [0.2, 0.25) is 10.0 Å². The zero-order chi connectivity index (χ0) is 13.1. The molecule has 0 aliphatic carbocycles. The number of hydrogen-bond acceptors (Lipinski definition) is 2. The number of piperidine rings is 1. The second kappa shape index (κ2) is 6.14. The summed E-state index contributed by atoms with van der Waals surface area (Å²) in [4.78, 5) is 2.37. The van der Waals surface area contributed by atoms with Crippen molar-refractivity contribution in [3.8, 4) is 0 Å². The number of benzene rings is 1. The number of anilines is 1. The highest BCUT2D eigenvalue weighted by atomic mass is 35.5. The fraction of sp³-hybridized carbons (Fsp3) is 0.571. The Bertz CT molecular complexity index is 389. The Morgan fingerprint density at radius 1 is 1.28 bits per heavy atom. The predicted molar refractivity (Wildman–Crippen MR) is 79.9 cm³/mol. The van der Waals surface area contributed by atoms with Gasteiger partial charge in [-0.2, -0.15) is 0 Å². The molecule has 2 atom stereocenters. The fourth-order valence-electron chi connectivity index (χ4n) is 2.67. The average molecular weight is 287 g/mol. The quantitative estimate of drug-likeness (QED) is 0.909. The van der Waals surface area contributed by atoms with Crippen LogP contribution in [0.1, 0.15) is 20.3 Å². The Labute approximate surface area is 119 Å². The van der Waals surface area contributed by atoms with Gasteiger partial charge in [0.25, 0.3) is 0 Å². The summed E-state index contributed by atoms with van der Waals surface area (Å²) in [5, 5.41) is 4.96. The molecule has 1 heterocycles. The number of rotatable bonds is 3. The SMILES string of the molecule is CCNC1CCN(c2cc(Cl)cc(Cl)c2)CC1C. The zero-order valence-electron chi connectivity index (χ0n) is 10.9. The van der Waals surface area contributed by atoms with E-state index in [1.54, 1.807) is 6.07 Å². The summed E-state index contributed by atoms with van der Waals surface area (Å²) < 4.78 is 0. The second-order valence-electron chi connectivity index (χ2n) is 5.00. The summed E-state index contributed by atoms with van der Waals surface area (Å²) in [7, 11) is 0. The van der Waals surface area contributed by atoms with Crippen molar-refractivity contribution in [2.75, 3.05) is 24.5 Å². The van der Waals surface area contributed by atoms with Gasteiger partial charge in [-0.3, -0.25) is 0 Å². The molecule has 4 heteroatoms. The lowest BCUT2D eigenvalue weighted by atomic mass is 9.93. The minimum Gasteiger partial charge on any atom is -0.371 e. The van der Waals surface area contributed by atoms with Gasteiger partial charge in [0, 0.05) is 34.9 Å². The van der Waals surface area contributed by atoms with Crippen LogP contribution in [-0.4, -0.2) is 25.7 Å². The first kappa shape index (κ1) is 14.0. The number of hydrogen-bond donors (Lipinski definition) is 1. The van der Waals surface area contributed by atoms with E-state index >= 15 is 0 Å². The van der Waals surface area contributed by atoms with E-state index in [1.807, 2.05) is 12.1 Å². The highest BCUT2D eigenvalue weighted by Gasteiger charge is 2.25. The van der Waals surface area contributed by atoms with Gasteiger partial charge in [0.05, 0.1) is 0 Å². The third kappa shape index (κ3) is 3.31. The number of nitrogens with zero attached hydrogens (tertiary/aromatic N) is 1.